The van der Waals surface area contributed by atoms with Gasteiger partial charge in [-0.15, -0.1) is 0 Å². The lowest BCUT2D eigenvalue weighted by Crippen LogP contribution is -2.39. The molecular weight excluding hydrogens is 366 g/mol. The zero-order valence-corrected chi connectivity index (χ0v) is 17.1. The van der Waals surface area contributed by atoms with Gasteiger partial charge in [-0.25, -0.2) is 0 Å². The molecule has 0 fully saturated rings. The first-order valence-electron chi connectivity index (χ1n) is 9.80. The Kier molecular flexibility index (Phi) is 6.67. The Bertz CT molecular complexity index is 963. The summed E-state index contributed by atoms with van der Waals surface area (Å²) in [4.78, 5) is 26.4. The zero-order chi connectivity index (χ0) is 20.8. The Hall–Kier alpha value is -3.12. The first-order valence-corrected chi connectivity index (χ1v) is 9.80. The summed E-state index contributed by atoms with van der Waals surface area (Å²) in [5.41, 5.74) is 2.70. The van der Waals surface area contributed by atoms with E-state index < -0.39 is 0 Å². The molecule has 2 aromatic carbocycles. The number of anilines is 1. The van der Waals surface area contributed by atoms with E-state index in [1.165, 1.54) is 0 Å². The molecule has 3 rings (SSSR count). The molecule has 1 atom stereocenters. The maximum Gasteiger partial charge on any atom is 0.238 e. The van der Waals surface area contributed by atoms with Crippen molar-refractivity contribution in [2.45, 2.75) is 26.3 Å². The van der Waals surface area contributed by atoms with Gasteiger partial charge in [0.2, 0.25) is 11.8 Å². The van der Waals surface area contributed by atoms with Gasteiger partial charge in [0.25, 0.3) is 0 Å². The van der Waals surface area contributed by atoms with Crippen LogP contribution in [-0.4, -0.2) is 36.9 Å². The Morgan fingerprint density at radius 1 is 1.03 bits per heavy atom. The molecular formula is C23H27N3O3. The number of furan rings is 1. The fourth-order valence-corrected chi connectivity index (χ4v) is 3.26. The number of rotatable bonds is 8. The van der Waals surface area contributed by atoms with Crippen molar-refractivity contribution in [3.8, 4) is 0 Å². The second kappa shape index (κ2) is 9.39. The van der Waals surface area contributed by atoms with Crippen LogP contribution in [0.25, 0.3) is 11.0 Å². The number of aryl methyl sites for hydroxylation is 1. The van der Waals surface area contributed by atoms with Crippen LogP contribution in [0.4, 0.5) is 5.69 Å². The van der Waals surface area contributed by atoms with E-state index in [9.17, 15) is 9.59 Å². The Morgan fingerprint density at radius 3 is 2.48 bits per heavy atom. The lowest BCUT2D eigenvalue weighted by atomic mass is 10.1. The smallest absolute Gasteiger partial charge is 0.238 e. The molecule has 1 aromatic heterocycles. The summed E-state index contributed by atoms with van der Waals surface area (Å²) in [6.45, 7) is 4.17. The SMILES string of the molecule is CCc1ccccc1NC(=O)CN(C)CC(=O)N[C@H](C)c1cc2ccccc2o1. The summed E-state index contributed by atoms with van der Waals surface area (Å²) in [6, 6.07) is 17.1. The molecule has 0 radical (unpaired) electrons. The van der Waals surface area contributed by atoms with Gasteiger partial charge in [-0.3, -0.25) is 14.5 Å². The summed E-state index contributed by atoms with van der Waals surface area (Å²) in [5.74, 6) is 0.393. The third kappa shape index (κ3) is 5.45. The third-order valence-electron chi connectivity index (χ3n) is 4.75. The number of nitrogens with one attached hydrogen (secondary N) is 2. The summed E-state index contributed by atoms with van der Waals surface area (Å²) in [7, 11) is 1.75. The average molecular weight is 393 g/mol. The van der Waals surface area contributed by atoms with Crippen molar-refractivity contribution in [2.75, 3.05) is 25.5 Å². The summed E-state index contributed by atoms with van der Waals surface area (Å²) in [6.07, 6.45) is 0.842. The monoisotopic (exact) mass is 393 g/mol. The van der Waals surface area contributed by atoms with Crippen LogP contribution in [0.15, 0.2) is 59.0 Å². The topological polar surface area (TPSA) is 74.6 Å². The number of nitrogens with zero attached hydrogens (tertiary/aromatic N) is 1. The number of hydrogen-bond donors (Lipinski definition) is 2. The normalized spacial score (nSPS) is 12.1. The Balaban J connectivity index is 1.50. The lowest BCUT2D eigenvalue weighted by molar-refractivity contribution is -0.123. The summed E-state index contributed by atoms with van der Waals surface area (Å²) >= 11 is 0. The van der Waals surface area contributed by atoms with Gasteiger partial charge < -0.3 is 15.1 Å². The third-order valence-corrected chi connectivity index (χ3v) is 4.75. The fraction of sp³-hybridized carbons (Fsp3) is 0.304. The number of hydrogen-bond acceptors (Lipinski definition) is 4. The maximum atomic E-state index is 12.4. The van der Waals surface area contributed by atoms with Gasteiger partial charge in [0, 0.05) is 11.1 Å². The van der Waals surface area contributed by atoms with E-state index in [2.05, 4.69) is 10.6 Å². The summed E-state index contributed by atoms with van der Waals surface area (Å²) < 4.78 is 5.80. The molecule has 6 nitrogen and oxygen atoms in total. The van der Waals surface area contributed by atoms with Crippen molar-refractivity contribution in [1.82, 2.24) is 10.2 Å². The molecule has 0 unspecified atom stereocenters. The van der Waals surface area contributed by atoms with Crippen molar-refractivity contribution in [1.29, 1.82) is 0 Å². The fourth-order valence-electron chi connectivity index (χ4n) is 3.26. The van der Waals surface area contributed by atoms with E-state index in [1.54, 1.807) is 11.9 Å². The van der Waals surface area contributed by atoms with Gasteiger partial charge in [-0.05, 0) is 44.2 Å². The van der Waals surface area contributed by atoms with E-state index in [0.717, 1.165) is 28.6 Å². The number of carbonyl (C=O) groups excluding carboxylic acids is 2. The minimum Gasteiger partial charge on any atom is -0.459 e. The second-order valence-electron chi connectivity index (χ2n) is 7.21. The number of para-hydroxylation sites is 2. The van der Waals surface area contributed by atoms with Crippen LogP contribution >= 0.6 is 0 Å². The molecule has 0 spiro atoms. The highest BCUT2D eigenvalue weighted by atomic mass is 16.3. The molecule has 152 valence electrons. The Labute approximate surface area is 170 Å². The first kappa shape index (κ1) is 20.6. The molecule has 0 saturated heterocycles. The number of fused-ring (bicyclic) bond motifs is 1. The number of likely N-dealkylation sites (N-methyl/N-ethyl adjacent to an activating group) is 1. The minimum absolute atomic E-state index is 0.118. The molecule has 3 aromatic rings. The predicted molar refractivity (Wildman–Crippen MR) is 115 cm³/mol. The molecule has 6 heteroatoms. The molecule has 1 heterocycles. The van der Waals surface area contributed by atoms with Gasteiger partial charge >= 0.3 is 0 Å². The highest BCUT2D eigenvalue weighted by Crippen LogP contribution is 2.23. The highest BCUT2D eigenvalue weighted by Gasteiger charge is 2.16. The van der Waals surface area contributed by atoms with E-state index in [1.807, 2.05) is 68.4 Å². The average Bonchev–Trinajstić information content (AvgIpc) is 3.12. The van der Waals surface area contributed by atoms with Gasteiger partial charge in [-0.2, -0.15) is 0 Å². The molecule has 0 bridgehead atoms. The van der Waals surface area contributed by atoms with Crippen molar-refractivity contribution in [3.63, 3.8) is 0 Å². The second-order valence-corrected chi connectivity index (χ2v) is 7.21. The highest BCUT2D eigenvalue weighted by molar-refractivity contribution is 5.93. The quantitative estimate of drug-likeness (QED) is 0.611. The number of amides is 2. The minimum atomic E-state index is -0.256. The summed E-state index contributed by atoms with van der Waals surface area (Å²) in [5, 5.41) is 6.85. The molecule has 0 saturated carbocycles. The largest absolute Gasteiger partial charge is 0.459 e. The predicted octanol–water partition coefficient (Wildman–Crippen LogP) is 3.74. The molecule has 2 N–H and O–H groups in total. The van der Waals surface area contributed by atoms with E-state index in [0.29, 0.717) is 5.76 Å². The van der Waals surface area contributed by atoms with Crippen molar-refractivity contribution in [2.24, 2.45) is 0 Å². The number of carbonyl (C=O) groups is 2. The van der Waals surface area contributed by atoms with Crippen LogP contribution in [0.3, 0.4) is 0 Å². The van der Waals surface area contributed by atoms with E-state index in [4.69, 9.17) is 4.42 Å². The van der Waals surface area contributed by atoms with Gasteiger partial charge in [0.1, 0.15) is 11.3 Å². The molecule has 2 amide bonds. The van der Waals surface area contributed by atoms with Crippen molar-refractivity contribution >= 4 is 28.5 Å². The molecule has 0 aliphatic carbocycles. The zero-order valence-electron chi connectivity index (χ0n) is 17.1. The number of benzene rings is 2. The maximum absolute atomic E-state index is 12.4. The van der Waals surface area contributed by atoms with Crippen LogP contribution in [0, 0.1) is 0 Å². The molecule has 0 aliphatic heterocycles. The van der Waals surface area contributed by atoms with Crippen LogP contribution in [0.2, 0.25) is 0 Å². The first-order chi connectivity index (χ1) is 14.0. The molecule has 29 heavy (non-hydrogen) atoms. The van der Waals surface area contributed by atoms with E-state index in [-0.39, 0.29) is 30.9 Å². The Morgan fingerprint density at radius 2 is 1.72 bits per heavy atom. The lowest BCUT2D eigenvalue weighted by Gasteiger charge is -2.18. The van der Waals surface area contributed by atoms with Gasteiger partial charge in [0.15, 0.2) is 0 Å². The van der Waals surface area contributed by atoms with E-state index >= 15 is 0 Å². The van der Waals surface area contributed by atoms with Crippen LogP contribution < -0.4 is 10.6 Å². The van der Waals surface area contributed by atoms with Crippen LogP contribution in [-0.2, 0) is 16.0 Å². The molecule has 0 aliphatic rings. The van der Waals surface area contributed by atoms with Crippen LogP contribution in [0.1, 0.15) is 31.2 Å². The van der Waals surface area contributed by atoms with Crippen LogP contribution in [0.5, 0.6) is 0 Å². The van der Waals surface area contributed by atoms with Crippen molar-refractivity contribution < 1.29 is 14.0 Å². The van der Waals surface area contributed by atoms with Crippen molar-refractivity contribution in [3.05, 3.63) is 65.9 Å². The van der Waals surface area contributed by atoms with Gasteiger partial charge in [0.05, 0.1) is 19.1 Å². The van der Waals surface area contributed by atoms with Gasteiger partial charge in [-0.1, -0.05) is 43.3 Å². The standard InChI is InChI=1S/C23H27N3O3/c1-4-17-9-5-7-11-19(17)25-23(28)15-26(3)14-22(27)24-16(2)21-13-18-10-6-8-12-20(18)29-21/h5-13,16H,4,14-15H2,1-3H3,(H,24,27)(H,25,28)/t16-/m1/s1.